The smallest absolute Gasteiger partial charge is 0.352 e. The van der Waals surface area contributed by atoms with E-state index in [9.17, 15) is 18.0 Å². The first-order chi connectivity index (χ1) is 13.3. The first kappa shape index (κ1) is 21.3. The van der Waals surface area contributed by atoms with Crippen molar-refractivity contribution in [3.63, 3.8) is 0 Å². The highest BCUT2D eigenvalue weighted by atomic mass is 79.9. The number of carbonyl (C=O) groups is 1. The molecule has 28 heavy (non-hydrogen) atoms. The summed E-state index contributed by atoms with van der Waals surface area (Å²) >= 11 is 10.9. The molecule has 2 heterocycles. The lowest BCUT2D eigenvalue weighted by atomic mass is 10.2. The second kappa shape index (κ2) is 8.92. The molecule has 0 saturated carbocycles. The second-order valence-corrected chi connectivity index (χ2v) is 8.39. The van der Waals surface area contributed by atoms with Gasteiger partial charge in [-0.3, -0.25) is 4.79 Å². The number of halogens is 5. The molecule has 0 aliphatic carbocycles. The molecule has 0 N–H and O–H groups in total. The summed E-state index contributed by atoms with van der Waals surface area (Å²) in [6, 6.07) is 8.58. The van der Waals surface area contributed by atoms with Crippen molar-refractivity contribution >= 4 is 51.0 Å². The number of nitrogens with zero attached hydrogens (tertiary/aromatic N) is 3. The number of rotatable bonds is 4. The average Bonchev–Trinajstić information content (AvgIpc) is 2.66. The summed E-state index contributed by atoms with van der Waals surface area (Å²) in [5.41, 5.74) is -0.876. The molecule has 4 nitrogen and oxygen atoms in total. The maximum atomic E-state index is 12.7. The predicted octanol–water partition coefficient (Wildman–Crippen LogP) is 4.96. The number of carbonyl (C=O) groups excluding carboxylic acids is 1. The molecular formula is C18H16BrClF3N3OS. The highest BCUT2D eigenvalue weighted by Crippen LogP contribution is 2.34. The maximum Gasteiger partial charge on any atom is 0.417 e. The van der Waals surface area contributed by atoms with Crippen LogP contribution in [0.4, 0.5) is 19.0 Å². The van der Waals surface area contributed by atoms with Crippen molar-refractivity contribution < 1.29 is 18.0 Å². The molecule has 1 aliphatic heterocycles. The van der Waals surface area contributed by atoms with Gasteiger partial charge in [0.1, 0.15) is 5.82 Å². The Labute approximate surface area is 178 Å². The first-order valence-electron chi connectivity index (χ1n) is 8.38. The van der Waals surface area contributed by atoms with E-state index < -0.39 is 11.7 Å². The Kier molecular flexibility index (Phi) is 6.77. The summed E-state index contributed by atoms with van der Waals surface area (Å²) < 4.78 is 39.2. The van der Waals surface area contributed by atoms with Crippen molar-refractivity contribution in [2.24, 2.45) is 0 Å². The zero-order valence-corrected chi connectivity index (χ0v) is 17.7. The Bertz CT molecular complexity index is 860. The Hall–Kier alpha value is -1.45. The minimum Gasteiger partial charge on any atom is -0.352 e. The zero-order valence-electron chi connectivity index (χ0n) is 14.5. The first-order valence-corrected chi connectivity index (χ1v) is 10.5. The summed E-state index contributed by atoms with van der Waals surface area (Å²) in [6.07, 6.45) is -3.70. The normalized spacial score (nSPS) is 15.0. The summed E-state index contributed by atoms with van der Waals surface area (Å²) in [5.74, 6) is 0.651. The molecule has 0 bridgehead atoms. The molecule has 0 unspecified atom stereocenters. The van der Waals surface area contributed by atoms with Crippen molar-refractivity contribution in [3.8, 4) is 0 Å². The third-order valence-corrected chi connectivity index (χ3v) is 6.56. The number of benzene rings is 1. The van der Waals surface area contributed by atoms with Gasteiger partial charge in [0.05, 0.1) is 16.3 Å². The van der Waals surface area contributed by atoms with E-state index in [4.69, 9.17) is 11.6 Å². The van der Waals surface area contributed by atoms with Crippen LogP contribution in [-0.4, -0.2) is 47.7 Å². The molecule has 1 aliphatic rings. The van der Waals surface area contributed by atoms with Crippen LogP contribution in [0.1, 0.15) is 5.56 Å². The number of hydrogen-bond acceptors (Lipinski definition) is 4. The van der Waals surface area contributed by atoms with E-state index in [-0.39, 0.29) is 10.9 Å². The van der Waals surface area contributed by atoms with Crippen LogP contribution >= 0.6 is 39.3 Å². The van der Waals surface area contributed by atoms with Crippen LogP contribution in [0, 0.1) is 0 Å². The second-order valence-electron chi connectivity index (χ2n) is 6.11. The van der Waals surface area contributed by atoms with Crippen LogP contribution in [0.5, 0.6) is 0 Å². The lowest BCUT2D eigenvalue weighted by molar-refractivity contribution is -0.137. The van der Waals surface area contributed by atoms with Gasteiger partial charge in [0, 0.05) is 41.7 Å². The highest BCUT2D eigenvalue weighted by Gasteiger charge is 2.32. The molecule has 1 aromatic carbocycles. The molecule has 10 heteroatoms. The number of amides is 1. The summed E-state index contributed by atoms with van der Waals surface area (Å²) in [6.45, 7) is 1.86. The van der Waals surface area contributed by atoms with Crippen molar-refractivity contribution in [1.29, 1.82) is 0 Å². The van der Waals surface area contributed by atoms with Gasteiger partial charge < -0.3 is 9.80 Å². The average molecular weight is 495 g/mol. The molecular weight excluding hydrogens is 479 g/mol. The van der Waals surface area contributed by atoms with Gasteiger partial charge in [-0.05, 0) is 34.1 Å². The van der Waals surface area contributed by atoms with E-state index in [1.54, 1.807) is 9.80 Å². The van der Waals surface area contributed by atoms with Crippen LogP contribution in [0.15, 0.2) is 45.9 Å². The molecule has 150 valence electrons. The molecule has 0 radical (unpaired) electrons. The fourth-order valence-electron chi connectivity index (χ4n) is 2.78. The molecule has 1 saturated heterocycles. The number of alkyl halides is 3. The SMILES string of the molecule is O=C(CSc1ccccc1Br)N1CCN(c2ncc(C(F)(F)F)cc2Cl)CC1. The largest absolute Gasteiger partial charge is 0.417 e. The fourth-order valence-corrected chi connectivity index (χ4v) is 4.53. The fraction of sp³-hybridized carbons (Fsp3) is 0.333. The van der Waals surface area contributed by atoms with Crippen molar-refractivity contribution in [2.75, 3.05) is 36.8 Å². The Morgan fingerprint density at radius 2 is 1.89 bits per heavy atom. The van der Waals surface area contributed by atoms with Gasteiger partial charge in [-0.1, -0.05) is 23.7 Å². The number of pyridine rings is 1. The van der Waals surface area contributed by atoms with E-state index in [0.29, 0.717) is 37.7 Å². The number of aromatic nitrogens is 1. The topological polar surface area (TPSA) is 36.4 Å². The number of anilines is 1. The van der Waals surface area contributed by atoms with Gasteiger partial charge in [-0.15, -0.1) is 11.8 Å². The van der Waals surface area contributed by atoms with E-state index in [0.717, 1.165) is 21.6 Å². The summed E-state index contributed by atoms with van der Waals surface area (Å²) in [7, 11) is 0. The predicted molar refractivity (Wildman–Crippen MR) is 108 cm³/mol. The van der Waals surface area contributed by atoms with Gasteiger partial charge in [0.2, 0.25) is 5.91 Å². The van der Waals surface area contributed by atoms with Gasteiger partial charge in [0.15, 0.2) is 0 Å². The van der Waals surface area contributed by atoms with Crippen molar-refractivity contribution in [3.05, 3.63) is 51.6 Å². The van der Waals surface area contributed by atoms with Crippen molar-refractivity contribution in [1.82, 2.24) is 9.88 Å². The minimum absolute atomic E-state index is 0.0203. The monoisotopic (exact) mass is 493 g/mol. The molecule has 2 aromatic rings. The van der Waals surface area contributed by atoms with Crippen molar-refractivity contribution in [2.45, 2.75) is 11.1 Å². The van der Waals surface area contributed by atoms with Crippen LogP contribution in [0.3, 0.4) is 0 Å². The van der Waals surface area contributed by atoms with E-state index in [1.807, 2.05) is 24.3 Å². The van der Waals surface area contributed by atoms with Gasteiger partial charge in [0.25, 0.3) is 0 Å². The summed E-state index contributed by atoms with van der Waals surface area (Å²) in [5, 5.41) is -0.0425. The van der Waals surface area contributed by atoms with Crippen LogP contribution in [0.2, 0.25) is 5.02 Å². The maximum absolute atomic E-state index is 12.7. The quantitative estimate of drug-likeness (QED) is 0.563. The van der Waals surface area contributed by atoms with E-state index in [2.05, 4.69) is 20.9 Å². The molecule has 3 rings (SSSR count). The number of thioether (sulfide) groups is 1. The Morgan fingerprint density at radius 1 is 1.21 bits per heavy atom. The van der Waals surface area contributed by atoms with Gasteiger partial charge in [-0.2, -0.15) is 13.2 Å². The molecule has 1 aromatic heterocycles. The lowest BCUT2D eigenvalue weighted by Gasteiger charge is -2.35. The van der Waals surface area contributed by atoms with Gasteiger partial charge >= 0.3 is 6.18 Å². The zero-order chi connectivity index (χ0) is 20.3. The molecule has 0 atom stereocenters. The van der Waals surface area contributed by atoms with E-state index >= 15 is 0 Å². The third kappa shape index (κ3) is 5.12. The molecule has 1 amide bonds. The third-order valence-electron chi connectivity index (χ3n) is 4.27. The van der Waals surface area contributed by atoms with Crippen LogP contribution in [-0.2, 0) is 11.0 Å². The molecule has 1 fully saturated rings. The minimum atomic E-state index is -4.48. The Morgan fingerprint density at radius 3 is 2.50 bits per heavy atom. The number of piperazine rings is 1. The number of hydrogen-bond donors (Lipinski definition) is 0. The lowest BCUT2D eigenvalue weighted by Crippen LogP contribution is -2.49. The Balaban J connectivity index is 1.55. The highest BCUT2D eigenvalue weighted by molar-refractivity contribution is 9.10. The van der Waals surface area contributed by atoms with Crippen LogP contribution in [0.25, 0.3) is 0 Å². The van der Waals surface area contributed by atoms with Gasteiger partial charge in [-0.25, -0.2) is 4.98 Å². The van der Waals surface area contributed by atoms with Crippen LogP contribution < -0.4 is 4.90 Å². The van der Waals surface area contributed by atoms with E-state index in [1.165, 1.54) is 11.8 Å². The standard InChI is InChI=1S/C18H16BrClF3N3OS/c19-13-3-1-2-4-15(13)28-11-16(27)25-5-7-26(8-6-25)17-14(20)9-12(10-24-17)18(21,22)23/h1-4,9-10H,5-8,11H2. The summed E-state index contributed by atoms with van der Waals surface area (Å²) in [4.78, 5) is 20.9. The molecule has 0 spiro atoms.